The molecule has 0 unspecified atom stereocenters. The third-order valence-corrected chi connectivity index (χ3v) is 7.87. The van der Waals surface area contributed by atoms with Crippen molar-refractivity contribution < 1.29 is 13.2 Å². The van der Waals surface area contributed by atoms with E-state index in [4.69, 9.17) is 23.2 Å². The van der Waals surface area contributed by atoms with Crippen molar-refractivity contribution >= 4 is 50.5 Å². The average molecular weight is 475 g/mol. The van der Waals surface area contributed by atoms with E-state index in [1.54, 1.807) is 41.3 Å². The van der Waals surface area contributed by atoms with Crippen LogP contribution in [0.25, 0.3) is 0 Å². The van der Waals surface area contributed by atoms with Gasteiger partial charge in [-0.05, 0) is 49.2 Å². The van der Waals surface area contributed by atoms with Crippen LogP contribution < -0.4 is 9.21 Å². The zero-order valence-corrected chi connectivity index (χ0v) is 19.0. The van der Waals surface area contributed by atoms with Gasteiger partial charge >= 0.3 is 0 Å². The van der Waals surface area contributed by atoms with Crippen molar-refractivity contribution in [2.45, 2.75) is 24.3 Å². The predicted octanol–water partition coefficient (Wildman–Crippen LogP) is 5.17. The van der Waals surface area contributed by atoms with Gasteiger partial charge in [0, 0.05) is 11.7 Å². The molecule has 0 aromatic heterocycles. The standard InChI is InChI=1S/C23H20Cl2N2O3S/c1-16-14-17-8-5-6-12-20(17)27(16)22(28)15-26(21-13-7-11-19(24)23(21)25)31(29,30)18-9-3-2-4-10-18/h2-13,16H,14-15H2,1H3/t16-/m0/s1. The number of anilines is 2. The summed E-state index contributed by atoms with van der Waals surface area (Å²) >= 11 is 12.5. The first-order valence-corrected chi connectivity index (χ1v) is 11.9. The molecule has 0 saturated carbocycles. The smallest absolute Gasteiger partial charge is 0.264 e. The second kappa shape index (κ2) is 8.54. The topological polar surface area (TPSA) is 57.7 Å². The van der Waals surface area contributed by atoms with Crippen molar-refractivity contribution in [1.82, 2.24) is 0 Å². The summed E-state index contributed by atoms with van der Waals surface area (Å²) in [6, 6.07) is 20.2. The Morgan fingerprint density at radius 3 is 2.42 bits per heavy atom. The Kier molecular flexibility index (Phi) is 5.97. The number of halogens is 2. The van der Waals surface area contributed by atoms with Crippen molar-refractivity contribution in [1.29, 1.82) is 0 Å². The fourth-order valence-corrected chi connectivity index (χ4v) is 5.74. The number of hydrogen-bond donors (Lipinski definition) is 0. The average Bonchev–Trinajstić information content (AvgIpc) is 3.10. The summed E-state index contributed by atoms with van der Waals surface area (Å²) in [6.45, 7) is 1.54. The predicted molar refractivity (Wildman–Crippen MR) is 125 cm³/mol. The molecule has 0 spiro atoms. The lowest BCUT2D eigenvalue weighted by Gasteiger charge is -2.29. The highest BCUT2D eigenvalue weighted by molar-refractivity contribution is 7.92. The molecule has 0 radical (unpaired) electrons. The Balaban J connectivity index is 1.77. The first-order chi connectivity index (χ1) is 14.8. The van der Waals surface area contributed by atoms with Crippen molar-refractivity contribution in [2.75, 3.05) is 15.7 Å². The highest BCUT2D eigenvalue weighted by atomic mass is 35.5. The van der Waals surface area contributed by atoms with Crippen LogP contribution in [-0.4, -0.2) is 26.9 Å². The zero-order chi connectivity index (χ0) is 22.2. The number of benzene rings is 3. The van der Waals surface area contributed by atoms with Gasteiger partial charge in [0.25, 0.3) is 10.0 Å². The minimum atomic E-state index is -4.07. The molecule has 1 heterocycles. The maximum Gasteiger partial charge on any atom is 0.264 e. The summed E-state index contributed by atoms with van der Waals surface area (Å²) in [5, 5.41) is 0.283. The number of amides is 1. The molecule has 160 valence electrons. The van der Waals surface area contributed by atoms with Crippen LogP contribution in [0.4, 0.5) is 11.4 Å². The van der Waals surface area contributed by atoms with E-state index >= 15 is 0 Å². The number of rotatable bonds is 5. The van der Waals surface area contributed by atoms with E-state index in [-0.39, 0.29) is 32.6 Å². The van der Waals surface area contributed by atoms with E-state index in [2.05, 4.69) is 0 Å². The minimum Gasteiger partial charge on any atom is -0.307 e. The molecule has 31 heavy (non-hydrogen) atoms. The molecule has 8 heteroatoms. The van der Waals surface area contributed by atoms with Crippen LogP contribution in [0.1, 0.15) is 12.5 Å². The molecule has 3 aromatic carbocycles. The van der Waals surface area contributed by atoms with Gasteiger partial charge in [-0.1, -0.05) is 65.7 Å². The molecule has 0 bridgehead atoms. The highest BCUT2D eigenvalue weighted by Gasteiger charge is 2.35. The zero-order valence-electron chi connectivity index (χ0n) is 16.7. The van der Waals surface area contributed by atoms with Crippen LogP contribution >= 0.6 is 23.2 Å². The number of sulfonamides is 1. The molecular formula is C23H20Cl2N2O3S. The lowest BCUT2D eigenvalue weighted by atomic mass is 10.1. The van der Waals surface area contributed by atoms with Crippen molar-refractivity contribution in [3.8, 4) is 0 Å². The normalized spacial score (nSPS) is 15.6. The molecule has 0 fully saturated rings. The summed E-state index contributed by atoms with van der Waals surface area (Å²) in [4.78, 5) is 15.1. The van der Waals surface area contributed by atoms with E-state index in [1.165, 1.54) is 12.1 Å². The second-order valence-corrected chi connectivity index (χ2v) is 9.99. The number of hydrogen-bond acceptors (Lipinski definition) is 3. The summed E-state index contributed by atoms with van der Waals surface area (Å²) in [5.74, 6) is -0.340. The van der Waals surface area contributed by atoms with Gasteiger partial charge in [-0.15, -0.1) is 0 Å². The fraction of sp³-hybridized carbons (Fsp3) is 0.174. The van der Waals surface area contributed by atoms with E-state index in [1.807, 2.05) is 31.2 Å². The van der Waals surface area contributed by atoms with Crippen LogP contribution in [0, 0.1) is 0 Å². The van der Waals surface area contributed by atoms with Gasteiger partial charge in [0.15, 0.2) is 0 Å². The number of carbonyl (C=O) groups excluding carboxylic acids is 1. The Bertz CT molecular complexity index is 1230. The number of nitrogens with zero attached hydrogens (tertiary/aromatic N) is 2. The van der Waals surface area contributed by atoms with E-state index in [9.17, 15) is 13.2 Å². The van der Waals surface area contributed by atoms with Gasteiger partial charge in [0.1, 0.15) is 6.54 Å². The lowest BCUT2D eigenvalue weighted by Crippen LogP contribution is -2.45. The molecule has 5 nitrogen and oxygen atoms in total. The third kappa shape index (κ3) is 4.03. The Morgan fingerprint density at radius 2 is 1.68 bits per heavy atom. The molecule has 0 saturated heterocycles. The van der Waals surface area contributed by atoms with Crippen LogP contribution in [0.15, 0.2) is 77.7 Å². The molecular weight excluding hydrogens is 455 g/mol. The van der Waals surface area contributed by atoms with E-state index < -0.39 is 16.6 Å². The summed E-state index contributed by atoms with van der Waals surface area (Å²) < 4.78 is 28.1. The number of carbonyl (C=O) groups is 1. The number of para-hydroxylation sites is 1. The maximum absolute atomic E-state index is 13.5. The minimum absolute atomic E-state index is 0.0636. The van der Waals surface area contributed by atoms with Gasteiger partial charge in [0.05, 0.1) is 20.6 Å². The Morgan fingerprint density at radius 1 is 1.00 bits per heavy atom. The first kappa shape index (κ1) is 21.7. The van der Waals surface area contributed by atoms with Gasteiger partial charge in [-0.2, -0.15) is 0 Å². The highest BCUT2D eigenvalue weighted by Crippen LogP contribution is 2.37. The summed E-state index contributed by atoms with van der Waals surface area (Å²) in [6.07, 6.45) is 0.714. The van der Waals surface area contributed by atoms with Crippen molar-refractivity contribution in [3.05, 3.63) is 88.4 Å². The van der Waals surface area contributed by atoms with Crippen molar-refractivity contribution in [3.63, 3.8) is 0 Å². The van der Waals surface area contributed by atoms with Gasteiger partial charge < -0.3 is 4.90 Å². The number of fused-ring (bicyclic) bond motifs is 1. The van der Waals surface area contributed by atoms with E-state index in [0.29, 0.717) is 6.42 Å². The van der Waals surface area contributed by atoms with Crippen LogP contribution in [0.5, 0.6) is 0 Å². The lowest BCUT2D eigenvalue weighted by molar-refractivity contribution is -0.117. The molecule has 3 aromatic rings. The van der Waals surface area contributed by atoms with Crippen LogP contribution in [0.2, 0.25) is 10.0 Å². The SMILES string of the molecule is C[C@H]1Cc2ccccc2N1C(=O)CN(c1cccc(Cl)c1Cl)S(=O)(=O)c1ccccc1. The van der Waals surface area contributed by atoms with Crippen LogP contribution in [0.3, 0.4) is 0 Å². The molecule has 4 rings (SSSR count). The third-order valence-electron chi connectivity index (χ3n) is 5.29. The Labute approximate surface area is 191 Å². The monoisotopic (exact) mass is 474 g/mol. The van der Waals surface area contributed by atoms with Crippen molar-refractivity contribution in [2.24, 2.45) is 0 Å². The largest absolute Gasteiger partial charge is 0.307 e. The molecule has 0 N–H and O–H groups in total. The quantitative estimate of drug-likeness (QED) is 0.512. The molecule has 1 atom stereocenters. The van der Waals surface area contributed by atoms with Gasteiger partial charge in [-0.3, -0.25) is 9.10 Å². The Hall–Kier alpha value is -2.54. The fourth-order valence-electron chi connectivity index (χ4n) is 3.85. The molecule has 0 aliphatic carbocycles. The second-order valence-electron chi connectivity index (χ2n) is 7.34. The maximum atomic E-state index is 13.5. The molecule has 1 amide bonds. The molecule has 1 aliphatic rings. The van der Waals surface area contributed by atoms with Crippen LogP contribution in [-0.2, 0) is 21.2 Å². The summed E-state index contributed by atoms with van der Waals surface area (Å²) in [7, 11) is -4.07. The van der Waals surface area contributed by atoms with Gasteiger partial charge in [0.2, 0.25) is 5.91 Å². The first-order valence-electron chi connectivity index (χ1n) is 9.72. The van der Waals surface area contributed by atoms with Gasteiger partial charge in [-0.25, -0.2) is 8.42 Å². The summed E-state index contributed by atoms with van der Waals surface area (Å²) in [5.41, 5.74) is 2.02. The molecule has 1 aliphatic heterocycles. The van der Waals surface area contributed by atoms with E-state index in [0.717, 1.165) is 15.6 Å².